The number of halogens is 1. The molecule has 8 heteroatoms. The molecule has 0 aromatic carbocycles. The van der Waals surface area contributed by atoms with Crippen LogP contribution in [0.4, 0.5) is 0 Å². The van der Waals surface area contributed by atoms with Crippen molar-refractivity contribution >= 4 is 17.5 Å². The average Bonchev–Trinajstić information content (AvgIpc) is 2.59. The van der Waals surface area contributed by atoms with Crippen molar-refractivity contribution in [2.45, 2.75) is 19.1 Å². The first-order valence-electron chi connectivity index (χ1n) is 7.71. The quantitative estimate of drug-likeness (QED) is 0.773. The van der Waals surface area contributed by atoms with E-state index in [1.54, 1.807) is 6.20 Å². The number of rotatable bonds is 5. The molecule has 0 radical (unpaired) electrons. The molecule has 2 N–H and O–H groups in total. The van der Waals surface area contributed by atoms with Gasteiger partial charge in [-0.15, -0.1) is 0 Å². The highest BCUT2D eigenvalue weighted by molar-refractivity contribution is 6.29. The molecule has 126 valence electrons. The molecule has 1 aliphatic heterocycles. The van der Waals surface area contributed by atoms with Crippen LogP contribution in [-0.4, -0.2) is 56.6 Å². The summed E-state index contributed by atoms with van der Waals surface area (Å²) in [6.45, 7) is 2.24. The first-order chi connectivity index (χ1) is 11.6. The van der Waals surface area contributed by atoms with Crippen molar-refractivity contribution in [3.05, 3.63) is 52.8 Å². The van der Waals surface area contributed by atoms with E-state index in [4.69, 9.17) is 11.6 Å². The topological polar surface area (TPSA) is 91.2 Å². The van der Waals surface area contributed by atoms with E-state index >= 15 is 0 Å². The van der Waals surface area contributed by atoms with Crippen LogP contribution < -0.4 is 5.32 Å². The maximum absolute atomic E-state index is 12.0. The second kappa shape index (κ2) is 7.65. The molecule has 0 saturated heterocycles. The first kappa shape index (κ1) is 16.8. The Bertz CT molecular complexity index is 727. The number of fused-ring (bicyclic) bond motifs is 1. The summed E-state index contributed by atoms with van der Waals surface area (Å²) >= 11 is 5.73. The molecule has 0 bridgehead atoms. The van der Waals surface area contributed by atoms with Gasteiger partial charge in [0.15, 0.2) is 0 Å². The van der Waals surface area contributed by atoms with Gasteiger partial charge in [0.2, 0.25) is 0 Å². The molecule has 0 fully saturated rings. The Balaban J connectivity index is 1.48. The fourth-order valence-electron chi connectivity index (χ4n) is 2.70. The predicted octanol–water partition coefficient (Wildman–Crippen LogP) is 0.674. The average molecular weight is 348 g/mol. The van der Waals surface area contributed by atoms with Gasteiger partial charge in [-0.05, 0) is 11.6 Å². The van der Waals surface area contributed by atoms with Gasteiger partial charge < -0.3 is 10.4 Å². The maximum Gasteiger partial charge on any atom is 0.270 e. The molecular weight excluding hydrogens is 330 g/mol. The van der Waals surface area contributed by atoms with Crippen LogP contribution >= 0.6 is 11.6 Å². The predicted molar refractivity (Wildman–Crippen MR) is 88.6 cm³/mol. The first-order valence-corrected chi connectivity index (χ1v) is 8.08. The summed E-state index contributed by atoms with van der Waals surface area (Å²) in [6.07, 6.45) is 3.24. The van der Waals surface area contributed by atoms with E-state index in [-0.39, 0.29) is 23.3 Å². The highest BCUT2D eigenvalue weighted by Gasteiger charge is 2.19. The molecule has 2 aromatic rings. The maximum atomic E-state index is 12.0. The normalized spacial score (nSPS) is 15.6. The highest BCUT2D eigenvalue weighted by Crippen LogP contribution is 2.16. The minimum absolute atomic E-state index is 0.150. The third kappa shape index (κ3) is 4.25. The fraction of sp³-hybridized carbons (Fsp3) is 0.375. The zero-order valence-electron chi connectivity index (χ0n) is 13.0. The number of carbonyl (C=O) groups is 1. The molecule has 2 aromatic heterocycles. The van der Waals surface area contributed by atoms with Crippen molar-refractivity contribution in [3.63, 3.8) is 0 Å². The Morgan fingerprint density at radius 3 is 3.12 bits per heavy atom. The lowest BCUT2D eigenvalue weighted by Crippen LogP contribution is -2.42. The van der Waals surface area contributed by atoms with Crippen LogP contribution in [-0.2, 0) is 13.0 Å². The Morgan fingerprint density at radius 2 is 2.29 bits per heavy atom. The Morgan fingerprint density at radius 1 is 1.42 bits per heavy atom. The lowest BCUT2D eigenvalue weighted by atomic mass is 10.1. The van der Waals surface area contributed by atoms with E-state index in [1.165, 1.54) is 18.0 Å². The number of nitrogens with zero attached hydrogens (tertiary/aromatic N) is 4. The van der Waals surface area contributed by atoms with E-state index in [9.17, 15) is 9.90 Å². The van der Waals surface area contributed by atoms with Crippen LogP contribution in [0.3, 0.4) is 0 Å². The van der Waals surface area contributed by atoms with Gasteiger partial charge in [-0.25, -0.2) is 9.97 Å². The van der Waals surface area contributed by atoms with E-state index in [0.717, 1.165) is 25.2 Å². The van der Waals surface area contributed by atoms with Crippen LogP contribution in [0, 0.1) is 0 Å². The van der Waals surface area contributed by atoms with Gasteiger partial charge in [0.25, 0.3) is 5.91 Å². The van der Waals surface area contributed by atoms with E-state index < -0.39 is 6.10 Å². The number of nitrogens with one attached hydrogen (secondary N) is 1. The highest BCUT2D eigenvalue weighted by atomic mass is 35.5. The molecule has 7 nitrogen and oxygen atoms in total. The van der Waals surface area contributed by atoms with Crippen molar-refractivity contribution in [2.75, 3.05) is 19.6 Å². The summed E-state index contributed by atoms with van der Waals surface area (Å²) in [4.78, 5) is 26.1. The largest absolute Gasteiger partial charge is 0.390 e. The Labute approximate surface area is 144 Å². The molecule has 24 heavy (non-hydrogen) atoms. The lowest BCUT2D eigenvalue weighted by Gasteiger charge is -2.29. The fourth-order valence-corrected chi connectivity index (χ4v) is 2.85. The van der Waals surface area contributed by atoms with Crippen molar-refractivity contribution in [2.24, 2.45) is 0 Å². The molecule has 3 heterocycles. The number of carbonyl (C=O) groups excluding carboxylic acids is 1. The van der Waals surface area contributed by atoms with Crippen LogP contribution in [0.15, 0.2) is 30.7 Å². The van der Waals surface area contributed by atoms with Gasteiger partial charge in [0, 0.05) is 50.6 Å². The number of pyridine rings is 1. The summed E-state index contributed by atoms with van der Waals surface area (Å²) < 4.78 is 0. The summed E-state index contributed by atoms with van der Waals surface area (Å²) in [7, 11) is 0. The number of aliphatic hydroxyl groups excluding tert-OH is 1. The van der Waals surface area contributed by atoms with E-state index in [0.29, 0.717) is 6.54 Å². The monoisotopic (exact) mass is 347 g/mol. The Hall–Kier alpha value is -2.09. The number of β-amino-alcohol motifs (C(OH)–C–C–N with tert-alkyl or cyclic N) is 1. The summed E-state index contributed by atoms with van der Waals surface area (Å²) in [6, 6.07) is 5.37. The van der Waals surface area contributed by atoms with Crippen molar-refractivity contribution in [1.82, 2.24) is 25.2 Å². The van der Waals surface area contributed by atoms with E-state index in [1.807, 2.05) is 6.07 Å². The lowest BCUT2D eigenvalue weighted by molar-refractivity contribution is 0.0837. The smallest absolute Gasteiger partial charge is 0.270 e. The third-order valence-electron chi connectivity index (χ3n) is 3.88. The van der Waals surface area contributed by atoms with Gasteiger partial charge in [0.05, 0.1) is 6.10 Å². The third-order valence-corrected chi connectivity index (χ3v) is 4.08. The number of hydrogen-bond acceptors (Lipinski definition) is 6. The van der Waals surface area contributed by atoms with Gasteiger partial charge in [0.1, 0.15) is 17.2 Å². The van der Waals surface area contributed by atoms with Crippen LogP contribution in [0.1, 0.15) is 21.7 Å². The van der Waals surface area contributed by atoms with Gasteiger partial charge in [-0.2, -0.15) is 0 Å². The summed E-state index contributed by atoms with van der Waals surface area (Å²) in [5, 5.41) is 13.0. The minimum atomic E-state index is -0.663. The molecule has 1 atom stereocenters. The van der Waals surface area contributed by atoms with Gasteiger partial charge in [-0.1, -0.05) is 17.7 Å². The zero-order chi connectivity index (χ0) is 16.9. The summed E-state index contributed by atoms with van der Waals surface area (Å²) in [5.74, 6) is -0.383. The number of aromatic nitrogens is 3. The van der Waals surface area contributed by atoms with Gasteiger partial charge >= 0.3 is 0 Å². The standard InChI is InChI=1S/C16H18ClN5O2/c17-15-6-14(20-10-21-15)16(24)19-7-12(23)9-22-5-3-13-11(8-22)2-1-4-18-13/h1-2,4,6,10,12,23H,3,5,7-9H2,(H,19,24). The molecule has 0 spiro atoms. The molecular formula is C16H18ClN5O2. The SMILES string of the molecule is O=C(NCC(O)CN1CCc2ncccc2C1)c1cc(Cl)ncn1. The van der Waals surface area contributed by atoms with Crippen LogP contribution in [0.5, 0.6) is 0 Å². The molecule has 1 unspecified atom stereocenters. The van der Waals surface area contributed by atoms with E-state index in [2.05, 4.69) is 31.2 Å². The zero-order valence-corrected chi connectivity index (χ0v) is 13.8. The molecule has 1 amide bonds. The Kier molecular flexibility index (Phi) is 5.34. The van der Waals surface area contributed by atoms with Crippen molar-refractivity contribution < 1.29 is 9.90 Å². The minimum Gasteiger partial charge on any atom is -0.390 e. The van der Waals surface area contributed by atoms with Crippen molar-refractivity contribution in [3.8, 4) is 0 Å². The molecule has 0 saturated carbocycles. The number of aliphatic hydroxyl groups is 1. The second-order valence-electron chi connectivity index (χ2n) is 5.68. The van der Waals surface area contributed by atoms with Crippen LogP contribution in [0.2, 0.25) is 5.15 Å². The van der Waals surface area contributed by atoms with Crippen molar-refractivity contribution in [1.29, 1.82) is 0 Å². The number of hydrogen-bond donors (Lipinski definition) is 2. The molecule has 0 aliphatic carbocycles. The second-order valence-corrected chi connectivity index (χ2v) is 6.07. The van der Waals surface area contributed by atoms with Gasteiger partial charge in [-0.3, -0.25) is 14.7 Å². The number of amides is 1. The van der Waals surface area contributed by atoms with Crippen LogP contribution in [0.25, 0.3) is 0 Å². The summed E-state index contributed by atoms with van der Waals surface area (Å²) in [5.41, 5.74) is 2.49. The molecule has 3 rings (SSSR count). The molecule has 1 aliphatic rings.